The van der Waals surface area contributed by atoms with Crippen molar-refractivity contribution in [3.8, 4) is 11.6 Å². The van der Waals surface area contributed by atoms with Gasteiger partial charge in [-0.25, -0.2) is 18.4 Å². The molecule has 7 nitrogen and oxygen atoms in total. The lowest BCUT2D eigenvalue weighted by atomic mass is 9.91. The number of ether oxygens (including phenoxy) is 1. The maximum absolute atomic E-state index is 12.8. The first-order chi connectivity index (χ1) is 14.5. The average Bonchev–Trinajstić information content (AvgIpc) is 3.13. The van der Waals surface area contributed by atoms with Gasteiger partial charge in [0.05, 0.1) is 11.4 Å². The summed E-state index contributed by atoms with van der Waals surface area (Å²) in [4.78, 5) is 15.9. The maximum atomic E-state index is 12.8. The normalized spacial score (nSPS) is 16.5. The van der Waals surface area contributed by atoms with Crippen molar-refractivity contribution in [1.29, 1.82) is 0 Å². The van der Waals surface area contributed by atoms with Crippen LogP contribution in [0.2, 0.25) is 0 Å². The van der Waals surface area contributed by atoms with Gasteiger partial charge in [-0.1, -0.05) is 23.4 Å². The van der Waals surface area contributed by atoms with E-state index >= 15 is 0 Å². The van der Waals surface area contributed by atoms with E-state index in [1.165, 1.54) is 12.1 Å². The number of aromatic nitrogens is 4. The molecule has 1 aliphatic rings. The van der Waals surface area contributed by atoms with Crippen molar-refractivity contribution >= 4 is 5.91 Å². The second-order valence-electron chi connectivity index (χ2n) is 7.18. The van der Waals surface area contributed by atoms with E-state index in [-0.39, 0.29) is 24.0 Å². The highest BCUT2D eigenvalue weighted by Gasteiger charge is 2.21. The molecule has 1 saturated heterocycles. The predicted octanol–water partition coefficient (Wildman–Crippen LogP) is 3.48. The van der Waals surface area contributed by atoms with Gasteiger partial charge in [0.2, 0.25) is 11.8 Å². The summed E-state index contributed by atoms with van der Waals surface area (Å²) in [5.74, 6) is 0.674. The summed E-state index contributed by atoms with van der Waals surface area (Å²) in [5, 5.41) is 11.0. The number of carbonyl (C=O) groups excluding carboxylic acids is 1. The SMILES string of the molecule is Cc1nnn(-c2ccc(C(F)F)cc2)c1COc1ccc(C2CCNC(=O)C2)cn1. The van der Waals surface area contributed by atoms with Crippen LogP contribution in [-0.4, -0.2) is 32.4 Å². The molecular formula is C21H21F2N5O2. The first kappa shape index (κ1) is 19.9. The number of rotatable bonds is 6. The smallest absolute Gasteiger partial charge is 0.263 e. The van der Waals surface area contributed by atoms with Crippen molar-refractivity contribution in [2.45, 2.75) is 38.7 Å². The first-order valence-electron chi connectivity index (χ1n) is 9.66. The number of hydrogen-bond donors (Lipinski definition) is 1. The Hall–Kier alpha value is -3.36. The highest BCUT2D eigenvalue weighted by atomic mass is 19.3. The van der Waals surface area contributed by atoms with Crippen molar-refractivity contribution in [1.82, 2.24) is 25.3 Å². The molecule has 1 N–H and O–H groups in total. The molecule has 30 heavy (non-hydrogen) atoms. The monoisotopic (exact) mass is 413 g/mol. The summed E-state index contributed by atoms with van der Waals surface area (Å²) in [6.07, 6.45) is 0.582. The lowest BCUT2D eigenvalue weighted by molar-refractivity contribution is -0.122. The number of nitrogens with one attached hydrogen (secondary N) is 1. The van der Waals surface area contributed by atoms with E-state index in [9.17, 15) is 13.6 Å². The van der Waals surface area contributed by atoms with Crippen LogP contribution < -0.4 is 10.1 Å². The Morgan fingerprint density at radius 1 is 1.23 bits per heavy atom. The van der Waals surface area contributed by atoms with E-state index in [0.717, 1.165) is 12.0 Å². The van der Waals surface area contributed by atoms with E-state index in [4.69, 9.17) is 4.74 Å². The molecule has 3 heterocycles. The minimum atomic E-state index is -2.52. The van der Waals surface area contributed by atoms with Crippen LogP contribution in [0.1, 0.15) is 47.7 Å². The number of nitrogens with zero attached hydrogens (tertiary/aromatic N) is 4. The zero-order valence-electron chi connectivity index (χ0n) is 16.4. The molecule has 1 aromatic carbocycles. The number of aryl methyl sites for hydroxylation is 1. The van der Waals surface area contributed by atoms with Gasteiger partial charge in [0.15, 0.2) is 0 Å². The molecule has 0 radical (unpaired) electrons. The third-order valence-electron chi connectivity index (χ3n) is 5.18. The molecule has 156 valence electrons. The fourth-order valence-electron chi connectivity index (χ4n) is 3.44. The minimum absolute atomic E-state index is 0.0480. The van der Waals surface area contributed by atoms with Gasteiger partial charge in [0.1, 0.15) is 12.3 Å². The minimum Gasteiger partial charge on any atom is -0.471 e. The number of alkyl halides is 2. The zero-order valence-corrected chi connectivity index (χ0v) is 16.4. The summed E-state index contributed by atoms with van der Waals surface area (Å²) < 4.78 is 32.9. The van der Waals surface area contributed by atoms with Crippen molar-refractivity contribution in [3.05, 3.63) is 65.1 Å². The van der Waals surface area contributed by atoms with Gasteiger partial charge in [0, 0.05) is 30.8 Å². The molecular weight excluding hydrogens is 392 g/mol. The van der Waals surface area contributed by atoms with Crippen LogP contribution >= 0.6 is 0 Å². The molecule has 0 bridgehead atoms. The Balaban J connectivity index is 1.45. The quantitative estimate of drug-likeness (QED) is 0.669. The molecule has 4 rings (SSSR count). The van der Waals surface area contributed by atoms with Gasteiger partial charge in [-0.15, -0.1) is 5.10 Å². The zero-order chi connectivity index (χ0) is 21.1. The number of halogens is 2. The lowest BCUT2D eigenvalue weighted by Crippen LogP contribution is -2.32. The largest absolute Gasteiger partial charge is 0.471 e. The fraction of sp³-hybridized carbons (Fsp3) is 0.333. The molecule has 1 unspecified atom stereocenters. The van der Waals surface area contributed by atoms with Crippen LogP contribution in [0.5, 0.6) is 5.88 Å². The number of pyridine rings is 1. The van der Waals surface area contributed by atoms with E-state index in [1.807, 2.05) is 6.07 Å². The molecule has 1 aliphatic heterocycles. The van der Waals surface area contributed by atoms with Crippen molar-refractivity contribution in [3.63, 3.8) is 0 Å². The number of piperidine rings is 1. The molecule has 1 atom stereocenters. The van der Waals surface area contributed by atoms with Gasteiger partial charge in [0.25, 0.3) is 6.43 Å². The second kappa shape index (κ2) is 8.56. The van der Waals surface area contributed by atoms with E-state index in [0.29, 0.717) is 35.9 Å². The van der Waals surface area contributed by atoms with Crippen LogP contribution in [0.4, 0.5) is 8.78 Å². The Bertz CT molecular complexity index is 1020. The molecule has 0 saturated carbocycles. The Kier molecular flexibility index (Phi) is 5.69. The number of benzene rings is 1. The summed E-state index contributed by atoms with van der Waals surface area (Å²) in [6.45, 7) is 2.66. The van der Waals surface area contributed by atoms with Gasteiger partial charge < -0.3 is 10.1 Å². The van der Waals surface area contributed by atoms with E-state index in [2.05, 4.69) is 20.6 Å². The molecule has 0 spiro atoms. The average molecular weight is 413 g/mol. The number of hydrogen-bond acceptors (Lipinski definition) is 5. The van der Waals surface area contributed by atoms with Crippen LogP contribution in [0.25, 0.3) is 5.69 Å². The molecule has 9 heteroatoms. The van der Waals surface area contributed by atoms with E-state index in [1.54, 1.807) is 36.0 Å². The third kappa shape index (κ3) is 4.29. The summed E-state index contributed by atoms with van der Waals surface area (Å²) in [6, 6.07) is 9.60. The van der Waals surface area contributed by atoms with Crippen molar-refractivity contribution in [2.75, 3.05) is 6.54 Å². The lowest BCUT2D eigenvalue weighted by Gasteiger charge is -2.22. The Labute approximate surface area is 172 Å². The summed E-state index contributed by atoms with van der Waals surface area (Å²) in [7, 11) is 0. The first-order valence-corrected chi connectivity index (χ1v) is 9.66. The molecule has 2 aromatic heterocycles. The van der Waals surface area contributed by atoms with Gasteiger partial charge in [-0.05, 0) is 37.0 Å². The molecule has 0 aliphatic carbocycles. The fourth-order valence-corrected chi connectivity index (χ4v) is 3.44. The van der Waals surface area contributed by atoms with Crippen molar-refractivity contribution in [2.24, 2.45) is 0 Å². The standard InChI is InChI=1S/C21H21F2N5O2/c1-13-18(28(27-26-13)17-5-2-14(3-6-17)21(22)23)12-30-20-7-4-16(11-25-20)15-8-9-24-19(29)10-15/h2-7,11,15,21H,8-10,12H2,1H3,(H,24,29). The second-order valence-corrected chi connectivity index (χ2v) is 7.18. The van der Waals surface area contributed by atoms with Crippen LogP contribution in [-0.2, 0) is 11.4 Å². The predicted molar refractivity (Wildman–Crippen MR) is 105 cm³/mol. The summed E-state index contributed by atoms with van der Waals surface area (Å²) >= 11 is 0. The molecule has 1 fully saturated rings. The molecule has 1 amide bonds. The van der Waals surface area contributed by atoms with Crippen LogP contribution in [0, 0.1) is 6.92 Å². The number of carbonyl (C=O) groups is 1. The van der Waals surface area contributed by atoms with Gasteiger partial charge in [-0.2, -0.15) is 0 Å². The summed E-state index contributed by atoms with van der Waals surface area (Å²) in [5.41, 5.74) is 2.97. The van der Waals surface area contributed by atoms with Crippen molar-refractivity contribution < 1.29 is 18.3 Å². The van der Waals surface area contributed by atoms with Crippen LogP contribution in [0.3, 0.4) is 0 Å². The third-order valence-corrected chi connectivity index (χ3v) is 5.18. The maximum Gasteiger partial charge on any atom is 0.263 e. The Morgan fingerprint density at radius 3 is 2.70 bits per heavy atom. The number of amides is 1. The topological polar surface area (TPSA) is 81.9 Å². The van der Waals surface area contributed by atoms with Gasteiger partial charge in [-0.3, -0.25) is 4.79 Å². The van der Waals surface area contributed by atoms with E-state index < -0.39 is 6.43 Å². The highest BCUT2D eigenvalue weighted by Crippen LogP contribution is 2.26. The Morgan fingerprint density at radius 2 is 2.03 bits per heavy atom. The molecule has 3 aromatic rings. The van der Waals surface area contributed by atoms with Crippen LogP contribution in [0.15, 0.2) is 42.6 Å². The highest BCUT2D eigenvalue weighted by molar-refractivity contribution is 5.77. The van der Waals surface area contributed by atoms with Gasteiger partial charge >= 0.3 is 0 Å².